The number of allylic oxidation sites excluding steroid dienone is 1. The van der Waals surface area contributed by atoms with Crippen molar-refractivity contribution < 1.29 is 19.5 Å². The first kappa shape index (κ1) is 22.6. The molecule has 0 saturated heterocycles. The number of pyridine rings is 1. The molecule has 3 aromatic rings. The molecule has 36 heavy (non-hydrogen) atoms. The van der Waals surface area contributed by atoms with Gasteiger partial charge in [-0.1, -0.05) is 35.9 Å². The summed E-state index contributed by atoms with van der Waals surface area (Å²) in [5, 5.41) is 31.0. The second-order valence-electron chi connectivity index (χ2n) is 11.7. The van der Waals surface area contributed by atoms with Crippen LogP contribution in [0.4, 0.5) is 5.13 Å². The Balaban J connectivity index is 1.19. The highest BCUT2D eigenvalue weighted by molar-refractivity contribution is 7.21. The second kappa shape index (κ2) is 7.46. The zero-order valence-corrected chi connectivity index (χ0v) is 21.2. The predicted molar refractivity (Wildman–Crippen MR) is 135 cm³/mol. The van der Waals surface area contributed by atoms with Crippen molar-refractivity contribution in [1.82, 2.24) is 15.1 Å². The molecule has 3 fully saturated rings. The number of nitrogens with one attached hydrogen (secondary N) is 1. The molecular weight excluding hydrogens is 476 g/mol. The van der Waals surface area contributed by atoms with Crippen LogP contribution in [-0.4, -0.2) is 42.9 Å². The van der Waals surface area contributed by atoms with Crippen LogP contribution >= 0.6 is 11.3 Å². The molecule has 0 bridgehead atoms. The fraction of sp³-hybridized carbons (Fsp3) is 0.556. The summed E-state index contributed by atoms with van der Waals surface area (Å²) in [5.41, 5.74) is 0.667. The van der Waals surface area contributed by atoms with Gasteiger partial charge in [-0.25, -0.2) is 9.97 Å². The molecule has 3 aromatic heterocycles. The average Bonchev–Trinajstić information content (AvgIpc) is 3.52. The van der Waals surface area contributed by atoms with Gasteiger partial charge in [0.25, 0.3) is 5.91 Å². The number of thiazole rings is 1. The normalized spacial score (nSPS) is 39.1. The molecule has 0 radical (unpaired) electrons. The van der Waals surface area contributed by atoms with Crippen molar-refractivity contribution in [2.45, 2.75) is 64.1 Å². The monoisotopic (exact) mass is 506 g/mol. The number of amides is 1. The van der Waals surface area contributed by atoms with Crippen LogP contribution in [0.3, 0.4) is 0 Å². The lowest BCUT2D eigenvalue weighted by Crippen LogP contribution is -2.62. The Labute approximate surface area is 212 Å². The second-order valence-corrected chi connectivity index (χ2v) is 12.7. The van der Waals surface area contributed by atoms with E-state index in [4.69, 9.17) is 4.52 Å². The molecule has 0 aromatic carbocycles. The van der Waals surface area contributed by atoms with Gasteiger partial charge in [-0.15, -0.1) is 0 Å². The van der Waals surface area contributed by atoms with Gasteiger partial charge in [0.15, 0.2) is 10.9 Å². The van der Waals surface area contributed by atoms with E-state index in [1.807, 2.05) is 19.1 Å². The predicted octanol–water partition coefficient (Wildman–Crippen LogP) is 4.20. The van der Waals surface area contributed by atoms with Crippen molar-refractivity contribution in [2.75, 3.05) is 5.32 Å². The average molecular weight is 507 g/mol. The molecule has 9 heteroatoms. The number of nitrogens with zero attached hydrogens (tertiary/aromatic N) is 3. The van der Waals surface area contributed by atoms with Gasteiger partial charge in [0.1, 0.15) is 15.9 Å². The molecular formula is C27H30N4O4S. The Morgan fingerprint density at radius 2 is 2.17 bits per heavy atom. The Morgan fingerprint density at radius 3 is 3.00 bits per heavy atom. The minimum absolute atomic E-state index is 0.0689. The van der Waals surface area contributed by atoms with Crippen molar-refractivity contribution in [3.63, 3.8) is 0 Å². The molecule has 4 aliphatic carbocycles. The van der Waals surface area contributed by atoms with Crippen molar-refractivity contribution in [1.29, 1.82) is 0 Å². The van der Waals surface area contributed by atoms with E-state index in [0.717, 1.165) is 47.4 Å². The van der Waals surface area contributed by atoms with Crippen LogP contribution in [0.5, 0.6) is 0 Å². The van der Waals surface area contributed by atoms with E-state index in [9.17, 15) is 15.0 Å². The maximum atomic E-state index is 13.6. The Hall–Kier alpha value is -2.62. The van der Waals surface area contributed by atoms with Gasteiger partial charge in [-0.2, -0.15) is 0 Å². The highest BCUT2D eigenvalue weighted by Gasteiger charge is 2.68. The van der Waals surface area contributed by atoms with Crippen LogP contribution in [0.25, 0.3) is 16.4 Å². The first-order chi connectivity index (χ1) is 17.2. The molecule has 3 saturated carbocycles. The van der Waals surface area contributed by atoms with Crippen LogP contribution in [0.2, 0.25) is 0 Å². The van der Waals surface area contributed by atoms with E-state index < -0.39 is 23.0 Å². The fourth-order valence-electron chi connectivity index (χ4n) is 8.42. The van der Waals surface area contributed by atoms with Crippen LogP contribution in [0, 0.1) is 28.6 Å². The summed E-state index contributed by atoms with van der Waals surface area (Å²) in [6.45, 7) is 4.28. The summed E-state index contributed by atoms with van der Waals surface area (Å²) in [5.74, 6) is 0.871. The first-order valence-corrected chi connectivity index (χ1v) is 13.6. The SMILES string of the molecule is C[C@]12Cc3cnoc3C=C1CCC1C2C(O)C[C@@]2(C)C1CC[C@]2(O)C(=O)Nc1nc2cccnc2s1. The number of carbonyl (C=O) groups excluding carboxylic acids is 1. The zero-order valence-electron chi connectivity index (χ0n) is 20.4. The van der Waals surface area contributed by atoms with Crippen molar-refractivity contribution >= 4 is 38.8 Å². The Bertz CT molecular complexity index is 1380. The first-order valence-electron chi connectivity index (χ1n) is 12.8. The molecule has 1 amide bonds. The summed E-state index contributed by atoms with van der Waals surface area (Å²) in [7, 11) is 0. The number of carbonyl (C=O) groups is 1. The van der Waals surface area contributed by atoms with E-state index in [0.29, 0.717) is 18.0 Å². The maximum Gasteiger partial charge on any atom is 0.258 e. The van der Waals surface area contributed by atoms with Crippen molar-refractivity contribution in [3.8, 4) is 0 Å². The van der Waals surface area contributed by atoms with Gasteiger partial charge < -0.3 is 14.7 Å². The largest absolute Gasteiger partial charge is 0.393 e. The molecule has 188 valence electrons. The quantitative estimate of drug-likeness (QED) is 0.476. The summed E-state index contributed by atoms with van der Waals surface area (Å²) >= 11 is 1.30. The van der Waals surface area contributed by atoms with Crippen LogP contribution in [-0.2, 0) is 11.2 Å². The lowest BCUT2D eigenvalue weighted by Gasteiger charge is -2.60. The van der Waals surface area contributed by atoms with Crippen molar-refractivity contribution in [3.05, 3.63) is 41.4 Å². The van der Waals surface area contributed by atoms with Gasteiger partial charge in [0.05, 0.1) is 12.3 Å². The summed E-state index contributed by atoms with van der Waals surface area (Å²) in [6.07, 6.45) is 9.23. The van der Waals surface area contributed by atoms with Gasteiger partial charge in [-0.05, 0) is 79.9 Å². The molecule has 8 nitrogen and oxygen atoms in total. The summed E-state index contributed by atoms with van der Waals surface area (Å²) < 4.78 is 5.45. The Morgan fingerprint density at radius 1 is 1.31 bits per heavy atom. The topological polar surface area (TPSA) is 121 Å². The minimum atomic E-state index is -1.57. The van der Waals surface area contributed by atoms with Crippen LogP contribution in [0.1, 0.15) is 57.3 Å². The highest BCUT2D eigenvalue weighted by Crippen LogP contribution is 2.67. The number of hydrogen-bond donors (Lipinski definition) is 3. The van der Waals surface area contributed by atoms with E-state index >= 15 is 0 Å². The standard InChI is InChI=1S/C27H30N4O4S/c1-25-11-14-13-29-35-20(14)10-15(25)5-6-16-17-7-8-27(34,26(17,2)12-19(32)21(16)25)23(33)31-24-30-18-4-3-9-28-22(18)36-24/h3-4,9-10,13,16-17,19,21,32,34H,5-8,11-12H2,1-2H3,(H,30,31,33)/t16?,17?,19?,21?,25-,26-,27-/m0/s1. The van der Waals surface area contributed by atoms with E-state index in [-0.39, 0.29) is 23.2 Å². The number of fused-ring (bicyclic) bond motifs is 7. The van der Waals surface area contributed by atoms with Gasteiger partial charge in [0, 0.05) is 17.2 Å². The zero-order chi connectivity index (χ0) is 24.9. The summed E-state index contributed by atoms with van der Waals surface area (Å²) in [4.78, 5) is 23.1. The maximum absolute atomic E-state index is 13.6. The smallest absolute Gasteiger partial charge is 0.258 e. The molecule has 4 unspecified atom stereocenters. The number of aromatic nitrogens is 3. The third-order valence-corrected chi connectivity index (χ3v) is 11.0. The number of anilines is 1. The molecule has 3 N–H and O–H groups in total. The number of aliphatic hydroxyl groups is 2. The van der Waals surface area contributed by atoms with E-state index in [2.05, 4.69) is 33.4 Å². The van der Waals surface area contributed by atoms with E-state index in [1.165, 1.54) is 16.9 Å². The van der Waals surface area contributed by atoms with Crippen molar-refractivity contribution in [2.24, 2.45) is 28.6 Å². The minimum Gasteiger partial charge on any atom is -0.393 e. The molecule has 7 rings (SSSR count). The number of aliphatic hydroxyl groups excluding tert-OH is 1. The fourth-order valence-corrected chi connectivity index (χ4v) is 9.22. The third kappa shape index (κ3) is 2.87. The van der Waals surface area contributed by atoms with E-state index in [1.54, 1.807) is 12.4 Å². The Kier molecular flexibility index (Phi) is 4.68. The molecule has 7 atom stereocenters. The lowest BCUT2D eigenvalue weighted by atomic mass is 9.45. The molecule has 4 aliphatic rings. The number of rotatable bonds is 2. The highest BCUT2D eigenvalue weighted by atomic mass is 32.1. The van der Waals surface area contributed by atoms with Gasteiger partial charge >= 0.3 is 0 Å². The van der Waals surface area contributed by atoms with Gasteiger partial charge in [0.2, 0.25) is 0 Å². The van der Waals surface area contributed by atoms with Gasteiger partial charge in [-0.3, -0.25) is 10.1 Å². The number of hydrogen-bond acceptors (Lipinski definition) is 8. The molecule has 0 aliphatic heterocycles. The third-order valence-electron chi connectivity index (χ3n) is 10.1. The lowest BCUT2D eigenvalue weighted by molar-refractivity contribution is -0.177. The molecule has 0 spiro atoms. The van der Waals surface area contributed by atoms with Crippen LogP contribution in [0.15, 0.2) is 34.6 Å². The molecule has 3 heterocycles. The van der Waals surface area contributed by atoms with Crippen LogP contribution < -0.4 is 5.32 Å². The summed E-state index contributed by atoms with van der Waals surface area (Å²) in [6, 6.07) is 3.67.